The third-order valence-corrected chi connectivity index (χ3v) is 5.32. The van der Waals surface area contributed by atoms with Crippen LogP contribution in [-0.4, -0.2) is 47.7 Å². The molecule has 7 heteroatoms. The Labute approximate surface area is 170 Å². The summed E-state index contributed by atoms with van der Waals surface area (Å²) < 4.78 is 0. The second-order valence-electron chi connectivity index (χ2n) is 7.45. The van der Waals surface area contributed by atoms with Crippen LogP contribution in [0.1, 0.15) is 27.9 Å². The van der Waals surface area contributed by atoms with Gasteiger partial charge < -0.3 is 21.5 Å². The summed E-state index contributed by atoms with van der Waals surface area (Å²) in [6.45, 7) is 2.80. The summed E-state index contributed by atoms with van der Waals surface area (Å²) >= 11 is 0. The number of piperidine rings is 1. The van der Waals surface area contributed by atoms with Crippen molar-refractivity contribution in [1.29, 1.82) is 0 Å². The largest absolute Gasteiger partial charge is 0.396 e. The Kier molecular flexibility index (Phi) is 7.21. The van der Waals surface area contributed by atoms with Crippen molar-refractivity contribution in [2.24, 2.45) is 11.7 Å². The second kappa shape index (κ2) is 10.0. The molecule has 29 heavy (non-hydrogen) atoms. The highest BCUT2D eigenvalue weighted by molar-refractivity contribution is 5.94. The third kappa shape index (κ3) is 6.04. The van der Waals surface area contributed by atoms with Crippen LogP contribution in [0.25, 0.3) is 0 Å². The Morgan fingerprint density at radius 2 is 1.79 bits per heavy atom. The molecule has 1 aliphatic rings. The molecular weight excluding hydrogens is 368 g/mol. The number of primary amides is 1. The number of hydrogen-bond acceptors (Lipinski definition) is 4. The van der Waals surface area contributed by atoms with E-state index in [9.17, 15) is 14.7 Å². The normalized spacial score (nSPS) is 19.5. The van der Waals surface area contributed by atoms with Crippen molar-refractivity contribution in [2.45, 2.75) is 25.6 Å². The first kappa shape index (κ1) is 20.8. The fraction of sp³-hybridized carbons (Fsp3) is 0.364. The number of amides is 3. The molecule has 3 amide bonds. The van der Waals surface area contributed by atoms with Crippen LogP contribution in [0.2, 0.25) is 0 Å². The van der Waals surface area contributed by atoms with Gasteiger partial charge in [0.2, 0.25) is 0 Å². The number of aliphatic hydroxyl groups excluding tert-OH is 1. The number of urea groups is 1. The topological polar surface area (TPSA) is 108 Å². The van der Waals surface area contributed by atoms with Crippen LogP contribution in [0.15, 0.2) is 54.6 Å². The van der Waals surface area contributed by atoms with E-state index in [1.54, 1.807) is 24.3 Å². The van der Waals surface area contributed by atoms with Crippen molar-refractivity contribution >= 4 is 11.9 Å². The monoisotopic (exact) mass is 396 g/mol. The first-order valence-electron chi connectivity index (χ1n) is 9.85. The van der Waals surface area contributed by atoms with Crippen LogP contribution in [0.4, 0.5) is 4.79 Å². The van der Waals surface area contributed by atoms with Crippen LogP contribution in [0.3, 0.4) is 0 Å². The van der Waals surface area contributed by atoms with Crippen molar-refractivity contribution in [1.82, 2.24) is 15.5 Å². The molecule has 1 saturated heterocycles. The summed E-state index contributed by atoms with van der Waals surface area (Å²) in [5, 5.41) is 15.4. The first-order chi connectivity index (χ1) is 14.0. The van der Waals surface area contributed by atoms with Gasteiger partial charge in [-0.05, 0) is 36.2 Å². The van der Waals surface area contributed by atoms with Gasteiger partial charge in [0, 0.05) is 43.8 Å². The number of nitrogens with zero attached hydrogens (tertiary/aromatic N) is 1. The highest BCUT2D eigenvalue weighted by Crippen LogP contribution is 2.20. The highest BCUT2D eigenvalue weighted by atomic mass is 16.3. The van der Waals surface area contributed by atoms with E-state index in [0.29, 0.717) is 18.7 Å². The van der Waals surface area contributed by atoms with Gasteiger partial charge in [-0.25, -0.2) is 4.79 Å². The molecule has 1 aliphatic heterocycles. The van der Waals surface area contributed by atoms with E-state index in [0.717, 1.165) is 25.1 Å². The first-order valence-corrected chi connectivity index (χ1v) is 9.85. The van der Waals surface area contributed by atoms with Gasteiger partial charge in [0.15, 0.2) is 0 Å². The average molecular weight is 396 g/mol. The molecule has 0 aromatic heterocycles. The maximum atomic E-state index is 12.7. The number of hydrogen-bond donors (Lipinski definition) is 4. The number of likely N-dealkylation sites (tertiary alicyclic amines) is 1. The molecule has 3 rings (SSSR count). The molecule has 5 N–H and O–H groups in total. The molecule has 0 bridgehead atoms. The van der Waals surface area contributed by atoms with Crippen molar-refractivity contribution in [2.75, 3.05) is 19.7 Å². The molecule has 0 aliphatic carbocycles. The van der Waals surface area contributed by atoms with Crippen LogP contribution in [0, 0.1) is 5.92 Å². The van der Waals surface area contributed by atoms with Crippen molar-refractivity contribution in [3.63, 3.8) is 0 Å². The van der Waals surface area contributed by atoms with Crippen LogP contribution >= 0.6 is 0 Å². The Morgan fingerprint density at radius 3 is 2.45 bits per heavy atom. The summed E-state index contributed by atoms with van der Waals surface area (Å²) in [5.74, 6) is -0.116. The maximum absolute atomic E-state index is 12.7. The molecule has 1 heterocycles. The standard InChI is InChI=1S/C22H28N4O3/c23-22(29)24-12-16-6-8-18(9-7-16)21(28)25-20-14-26(11-10-19(20)15-27)13-17-4-2-1-3-5-17/h1-9,19-20,27H,10-15H2,(H,25,28)(H3,23,24,29). The van der Waals surface area contributed by atoms with E-state index >= 15 is 0 Å². The quantitative estimate of drug-likeness (QED) is 0.568. The SMILES string of the molecule is NC(=O)NCc1ccc(C(=O)NC2CN(Cc3ccccc3)CCC2CO)cc1. The molecule has 2 atom stereocenters. The van der Waals surface area contributed by atoms with E-state index in [2.05, 4.69) is 27.7 Å². The van der Waals surface area contributed by atoms with Gasteiger partial charge in [-0.15, -0.1) is 0 Å². The molecule has 7 nitrogen and oxygen atoms in total. The van der Waals surface area contributed by atoms with Gasteiger partial charge in [-0.2, -0.15) is 0 Å². The lowest BCUT2D eigenvalue weighted by Gasteiger charge is -2.38. The summed E-state index contributed by atoms with van der Waals surface area (Å²) in [4.78, 5) is 25.8. The summed E-state index contributed by atoms with van der Waals surface area (Å²) in [7, 11) is 0. The molecule has 2 aromatic rings. The minimum absolute atomic E-state index is 0.0463. The van der Waals surface area contributed by atoms with Crippen molar-refractivity contribution in [3.8, 4) is 0 Å². The lowest BCUT2D eigenvalue weighted by Crippen LogP contribution is -2.53. The molecule has 0 radical (unpaired) electrons. The number of carbonyl (C=O) groups excluding carboxylic acids is 2. The van der Waals surface area contributed by atoms with Gasteiger partial charge in [-0.1, -0.05) is 42.5 Å². The smallest absolute Gasteiger partial charge is 0.312 e. The van der Waals surface area contributed by atoms with Gasteiger partial charge >= 0.3 is 6.03 Å². The van der Waals surface area contributed by atoms with E-state index in [4.69, 9.17) is 5.73 Å². The van der Waals surface area contributed by atoms with Gasteiger partial charge in [0.25, 0.3) is 5.91 Å². The maximum Gasteiger partial charge on any atom is 0.312 e. The van der Waals surface area contributed by atoms with E-state index < -0.39 is 6.03 Å². The minimum atomic E-state index is -0.584. The molecule has 2 unspecified atom stereocenters. The van der Waals surface area contributed by atoms with Crippen LogP contribution in [0.5, 0.6) is 0 Å². The van der Waals surface area contributed by atoms with Crippen LogP contribution in [-0.2, 0) is 13.1 Å². The highest BCUT2D eigenvalue weighted by Gasteiger charge is 2.30. The molecular formula is C22H28N4O3. The minimum Gasteiger partial charge on any atom is -0.396 e. The zero-order valence-corrected chi connectivity index (χ0v) is 16.4. The summed E-state index contributed by atoms with van der Waals surface area (Å²) in [5.41, 5.74) is 7.71. The van der Waals surface area contributed by atoms with E-state index in [-0.39, 0.29) is 24.5 Å². The lowest BCUT2D eigenvalue weighted by atomic mass is 9.91. The molecule has 2 aromatic carbocycles. The van der Waals surface area contributed by atoms with E-state index in [1.165, 1.54) is 5.56 Å². The lowest BCUT2D eigenvalue weighted by molar-refractivity contribution is 0.0730. The van der Waals surface area contributed by atoms with Gasteiger partial charge in [-0.3, -0.25) is 9.69 Å². The summed E-state index contributed by atoms with van der Waals surface area (Å²) in [6, 6.07) is 16.6. The Balaban J connectivity index is 1.59. The zero-order chi connectivity index (χ0) is 20.6. The number of aliphatic hydroxyl groups is 1. The Hall–Kier alpha value is -2.90. The summed E-state index contributed by atoms with van der Waals surface area (Å²) in [6.07, 6.45) is 0.839. The van der Waals surface area contributed by atoms with Gasteiger partial charge in [0.1, 0.15) is 0 Å². The number of benzene rings is 2. The Bertz CT molecular complexity index is 811. The third-order valence-electron chi connectivity index (χ3n) is 5.32. The molecule has 154 valence electrons. The fourth-order valence-corrected chi connectivity index (χ4v) is 3.65. The number of nitrogens with one attached hydrogen (secondary N) is 2. The van der Waals surface area contributed by atoms with Crippen LogP contribution < -0.4 is 16.4 Å². The van der Waals surface area contributed by atoms with Gasteiger partial charge in [0.05, 0.1) is 0 Å². The van der Waals surface area contributed by atoms with E-state index in [1.807, 2.05) is 18.2 Å². The van der Waals surface area contributed by atoms with Crippen molar-refractivity contribution in [3.05, 3.63) is 71.3 Å². The molecule has 0 spiro atoms. The Morgan fingerprint density at radius 1 is 1.07 bits per heavy atom. The number of rotatable bonds is 7. The fourth-order valence-electron chi connectivity index (χ4n) is 3.65. The number of carbonyl (C=O) groups is 2. The van der Waals surface area contributed by atoms with Crippen molar-refractivity contribution < 1.29 is 14.7 Å². The predicted molar refractivity (Wildman–Crippen MR) is 111 cm³/mol. The predicted octanol–water partition coefficient (Wildman–Crippen LogP) is 1.47. The zero-order valence-electron chi connectivity index (χ0n) is 16.4. The second-order valence-corrected chi connectivity index (χ2v) is 7.45. The average Bonchev–Trinajstić information content (AvgIpc) is 2.73. The number of nitrogens with two attached hydrogens (primary N) is 1. The molecule has 0 saturated carbocycles. The molecule has 1 fully saturated rings.